The van der Waals surface area contributed by atoms with Crippen LogP contribution in [0.1, 0.15) is 19.8 Å². The minimum absolute atomic E-state index is 0.215. The lowest BCUT2D eigenvalue weighted by molar-refractivity contribution is -0.139. The monoisotopic (exact) mass is 158 g/mol. The van der Waals surface area contributed by atoms with E-state index in [4.69, 9.17) is 0 Å². The van der Waals surface area contributed by atoms with Crippen molar-refractivity contribution in [1.29, 1.82) is 0 Å². The zero-order valence-electron chi connectivity index (χ0n) is 6.33. The summed E-state index contributed by atoms with van der Waals surface area (Å²) in [6.07, 6.45) is 0.729. The van der Waals surface area contributed by atoms with Crippen LogP contribution in [0.3, 0.4) is 0 Å². The van der Waals surface area contributed by atoms with Gasteiger partial charge in [-0.15, -0.1) is 0 Å². The lowest BCUT2D eigenvalue weighted by Gasteiger charge is -1.98. The molecule has 62 valence electrons. The van der Waals surface area contributed by atoms with Gasteiger partial charge in [0.15, 0.2) is 0 Å². The molecule has 0 aromatic rings. The molecule has 4 nitrogen and oxygen atoms in total. The maximum absolute atomic E-state index is 10.6. The molecule has 0 aliphatic heterocycles. The number of esters is 1. The normalized spacial score (nSPS) is 8.45. The predicted octanol–water partition coefficient (Wildman–Crippen LogP) is 1.61. The summed E-state index contributed by atoms with van der Waals surface area (Å²) in [7, 11) is 0. The Balaban J connectivity index is 3.57. The van der Waals surface area contributed by atoms with Crippen LogP contribution >= 0.6 is 0 Å². The highest BCUT2D eigenvalue weighted by Crippen LogP contribution is 1.93. The Kier molecular flexibility index (Phi) is 4.81. The quantitative estimate of drug-likeness (QED) is 0.355. The predicted molar refractivity (Wildman–Crippen MR) is 37.7 cm³/mol. The first-order chi connectivity index (χ1) is 5.20. The molecule has 0 saturated carbocycles. The zero-order chi connectivity index (χ0) is 8.69. The molecular weight excluding hydrogens is 148 g/mol. The third-order valence-corrected chi connectivity index (χ3v) is 0.831. The second-order valence-electron chi connectivity index (χ2n) is 1.76. The van der Waals surface area contributed by atoms with Crippen LogP contribution in [0.2, 0.25) is 0 Å². The molecule has 0 bridgehead atoms. The molecule has 0 aromatic carbocycles. The second-order valence-corrected chi connectivity index (χ2v) is 1.76. The summed E-state index contributed by atoms with van der Waals surface area (Å²) in [6, 6.07) is 0. The van der Waals surface area contributed by atoms with E-state index in [1.54, 1.807) is 6.92 Å². The maximum Gasteiger partial charge on any atom is 0.521 e. The van der Waals surface area contributed by atoms with Crippen molar-refractivity contribution in [3.05, 3.63) is 12.8 Å². The van der Waals surface area contributed by atoms with Crippen molar-refractivity contribution in [2.24, 2.45) is 0 Å². The largest absolute Gasteiger partial charge is 0.521 e. The van der Waals surface area contributed by atoms with Crippen LogP contribution in [0.4, 0.5) is 4.79 Å². The van der Waals surface area contributed by atoms with Gasteiger partial charge in [-0.2, -0.15) is 0 Å². The highest BCUT2D eigenvalue weighted by atomic mass is 16.7. The average Bonchev–Trinajstić information content (AvgIpc) is 1.87. The fraction of sp³-hybridized carbons (Fsp3) is 0.429. The average molecular weight is 158 g/mol. The number of carbonyl (C=O) groups is 2. The lowest BCUT2D eigenvalue weighted by Crippen LogP contribution is -2.10. The molecule has 0 heterocycles. The molecule has 0 atom stereocenters. The Morgan fingerprint density at radius 1 is 1.55 bits per heavy atom. The minimum atomic E-state index is -1.03. The van der Waals surface area contributed by atoms with Crippen molar-refractivity contribution >= 4 is 12.1 Å². The molecule has 4 heteroatoms. The summed E-state index contributed by atoms with van der Waals surface area (Å²) >= 11 is 0. The number of rotatable bonds is 3. The fourth-order valence-corrected chi connectivity index (χ4v) is 0.440. The van der Waals surface area contributed by atoms with Crippen molar-refractivity contribution in [2.75, 3.05) is 0 Å². The van der Waals surface area contributed by atoms with Crippen molar-refractivity contribution in [1.82, 2.24) is 0 Å². The summed E-state index contributed by atoms with van der Waals surface area (Å²) in [5.74, 6) is -0.584. The van der Waals surface area contributed by atoms with Gasteiger partial charge in [-0.3, -0.25) is 4.79 Å². The van der Waals surface area contributed by atoms with Crippen LogP contribution in [0.5, 0.6) is 0 Å². The first kappa shape index (κ1) is 9.68. The Labute approximate surface area is 64.8 Å². The number of hydrogen-bond donors (Lipinski definition) is 0. The van der Waals surface area contributed by atoms with Gasteiger partial charge in [0.2, 0.25) is 0 Å². The molecule has 0 aliphatic carbocycles. The smallest absolute Gasteiger partial charge is 0.403 e. The molecule has 0 rings (SSSR count). The van der Waals surface area contributed by atoms with E-state index in [9.17, 15) is 9.59 Å². The first-order valence-corrected chi connectivity index (χ1v) is 3.23. The molecular formula is C7H10O4. The van der Waals surface area contributed by atoms with Gasteiger partial charge in [0.05, 0.1) is 6.26 Å². The lowest BCUT2D eigenvalue weighted by atomic mass is 10.3. The molecule has 0 aliphatic rings. The van der Waals surface area contributed by atoms with Gasteiger partial charge in [0.1, 0.15) is 0 Å². The number of ether oxygens (including phenoxy) is 2. The van der Waals surface area contributed by atoms with Crippen molar-refractivity contribution in [2.45, 2.75) is 19.8 Å². The molecule has 0 unspecified atom stereocenters. The van der Waals surface area contributed by atoms with Gasteiger partial charge in [-0.1, -0.05) is 13.5 Å². The van der Waals surface area contributed by atoms with Gasteiger partial charge in [0, 0.05) is 6.42 Å². The molecule has 0 saturated heterocycles. The second kappa shape index (κ2) is 5.46. The topological polar surface area (TPSA) is 52.6 Å². The SMILES string of the molecule is C=COC(=O)OC(=O)CCC. The summed E-state index contributed by atoms with van der Waals surface area (Å²) < 4.78 is 8.30. The van der Waals surface area contributed by atoms with Gasteiger partial charge < -0.3 is 9.47 Å². The van der Waals surface area contributed by atoms with Crippen LogP contribution in [-0.4, -0.2) is 12.1 Å². The fourth-order valence-electron chi connectivity index (χ4n) is 0.440. The Hall–Kier alpha value is -1.32. The van der Waals surface area contributed by atoms with Crippen LogP contribution in [-0.2, 0) is 14.3 Å². The van der Waals surface area contributed by atoms with Gasteiger partial charge in [0.25, 0.3) is 0 Å². The molecule has 0 fully saturated rings. The zero-order valence-corrected chi connectivity index (χ0v) is 6.33. The standard InChI is InChI=1S/C7H10O4/c1-3-5-6(8)11-7(9)10-4-2/h4H,2-3,5H2,1H3. The van der Waals surface area contributed by atoms with Gasteiger partial charge >= 0.3 is 12.1 Å². The maximum atomic E-state index is 10.6. The number of hydrogen-bond acceptors (Lipinski definition) is 4. The van der Waals surface area contributed by atoms with Crippen molar-refractivity contribution in [3.8, 4) is 0 Å². The minimum Gasteiger partial charge on any atom is -0.403 e. The van der Waals surface area contributed by atoms with E-state index in [0.29, 0.717) is 6.42 Å². The van der Waals surface area contributed by atoms with E-state index < -0.39 is 12.1 Å². The molecule has 0 aromatic heterocycles. The molecule has 0 amide bonds. The molecule has 0 radical (unpaired) electrons. The summed E-state index contributed by atoms with van der Waals surface area (Å²) in [6.45, 7) is 4.93. The third kappa shape index (κ3) is 5.14. The summed E-state index contributed by atoms with van der Waals surface area (Å²) in [5, 5.41) is 0. The van der Waals surface area contributed by atoms with E-state index >= 15 is 0 Å². The molecule has 0 spiro atoms. The van der Waals surface area contributed by atoms with Crippen LogP contribution in [0.15, 0.2) is 12.8 Å². The van der Waals surface area contributed by atoms with Crippen LogP contribution in [0.25, 0.3) is 0 Å². The number of carbonyl (C=O) groups excluding carboxylic acids is 2. The van der Waals surface area contributed by atoms with E-state index in [1.807, 2.05) is 0 Å². The van der Waals surface area contributed by atoms with Crippen LogP contribution in [0, 0.1) is 0 Å². The van der Waals surface area contributed by atoms with Gasteiger partial charge in [-0.25, -0.2) is 4.79 Å². The van der Waals surface area contributed by atoms with E-state index in [2.05, 4.69) is 16.1 Å². The Morgan fingerprint density at radius 3 is 2.64 bits per heavy atom. The van der Waals surface area contributed by atoms with Crippen molar-refractivity contribution < 1.29 is 19.1 Å². The van der Waals surface area contributed by atoms with E-state index in [0.717, 1.165) is 6.26 Å². The highest BCUT2D eigenvalue weighted by Gasteiger charge is 2.08. The summed E-state index contributed by atoms with van der Waals surface area (Å²) in [4.78, 5) is 21.0. The van der Waals surface area contributed by atoms with E-state index in [-0.39, 0.29) is 6.42 Å². The summed E-state index contributed by atoms with van der Waals surface area (Å²) in [5.41, 5.74) is 0. The third-order valence-electron chi connectivity index (χ3n) is 0.831. The van der Waals surface area contributed by atoms with Crippen LogP contribution < -0.4 is 0 Å². The Morgan fingerprint density at radius 2 is 2.18 bits per heavy atom. The van der Waals surface area contributed by atoms with Gasteiger partial charge in [-0.05, 0) is 6.42 Å². The highest BCUT2D eigenvalue weighted by molar-refractivity contribution is 5.81. The Bertz CT molecular complexity index is 162. The molecule has 11 heavy (non-hydrogen) atoms. The van der Waals surface area contributed by atoms with Crippen molar-refractivity contribution in [3.63, 3.8) is 0 Å². The molecule has 0 N–H and O–H groups in total. The van der Waals surface area contributed by atoms with E-state index in [1.165, 1.54) is 0 Å². The first-order valence-electron chi connectivity index (χ1n) is 3.23.